The second-order valence-corrected chi connectivity index (χ2v) is 11.4. The van der Waals surface area contributed by atoms with Crippen molar-refractivity contribution in [3.63, 3.8) is 0 Å². The number of rotatable bonds is 8. The zero-order valence-electron chi connectivity index (χ0n) is 22.4. The zero-order chi connectivity index (χ0) is 27.5. The standard InChI is InChI=1S/C32H32FN3O3S/c33-26-20-29(27-11-17-40-30(27)21-26)35-15-13-34(14-16-35)12-10-24-6-7-25-8-9-31(37)36(28(25)18-24)22-39-32(38)19-23-4-2-1-3-5-23/h1-7,11,17-18,20-21H,8-10,12-16,19,22H2. The Kier molecular flexibility index (Phi) is 7.80. The average molecular weight is 558 g/mol. The first-order valence-corrected chi connectivity index (χ1v) is 14.7. The van der Waals surface area contributed by atoms with Gasteiger partial charge in [0.25, 0.3) is 0 Å². The first-order chi connectivity index (χ1) is 19.5. The predicted octanol–water partition coefficient (Wildman–Crippen LogP) is 5.43. The van der Waals surface area contributed by atoms with Crippen molar-refractivity contribution < 1.29 is 18.7 Å². The number of thiophene rings is 1. The van der Waals surface area contributed by atoms with E-state index in [2.05, 4.69) is 34.1 Å². The van der Waals surface area contributed by atoms with Crippen molar-refractivity contribution in [3.05, 3.63) is 94.6 Å². The molecule has 1 fully saturated rings. The minimum atomic E-state index is -0.348. The number of ether oxygens (including phenoxy) is 1. The smallest absolute Gasteiger partial charge is 0.311 e. The van der Waals surface area contributed by atoms with Gasteiger partial charge in [-0.3, -0.25) is 19.4 Å². The Morgan fingerprint density at radius 3 is 2.55 bits per heavy atom. The average Bonchev–Trinajstić information content (AvgIpc) is 3.44. The van der Waals surface area contributed by atoms with Gasteiger partial charge in [0, 0.05) is 54.9 Å². The number of carbonyl (C=O) groups excluding carboxylic acids is 2. The molecule has 0 bridgehead atoms. The van der Waals surface area contributed by atoms with Crippen molar-refractivity contribution in [3.8, 4) is 0 Å². The number of hydrogen-bond donors (Lipinski definition) is 0. The van der Waals surface area contributed by atoms with Gasteiger partial charge < -0.3 is 9.64 Å². The van der Waals surface area contributed by atoms with Crippen molar-refractivity contribution in [1.29, 1.82) is 0 Å². The van der Waals surface area contributed by atoms with Crippen molar-refractivity contribution in [2.45, 2.75) is 25.7 Å². The number of fused-ring (bicyclic) bond motifs is 2. The lowest BCUT2D eigenvalue weighted by molar-refractivity contribution is -0.143. The molecule has 0 saturated carbocycles. The van der Waals surface area contributed by atoms with Gasteiger partial charge in [-0.2, -0.15) is 0 Å². The third-order valence-electron chi connectivity index (χ3n) is 7.84. The van der Waals surface area contributed by atoms with Crippen LogP contribution in [0.1, 0.15) is 23.1 Å². The Morgan fingerprint density at radius 2 is 1.73 bits per heavy atom. The molecular formula is C32H32FN3O3S. The number of nitrogens with zero attached hydrogens (tertiary/aromatic N) is 3. The number of anilines is 2. The molecule has 40 heavy (non-hydrogen) atoms. The van der Waals surface area contributed by atoms with E-state index in [9.17, 15) is 14.0 Å². The SMILES string of the molecule is O=C(Cc1ccccc1)OCN1C(=O)CCc2ccc(CCN3CCN(c4cc(F)cc5sccc45)CC3)cc21. The van der Waals surface area contributed by atoms with Crippen LogP contribution in [0.3, 0.4) is 0 Å². The molecule has 6 nitrogen and oxygen atoms in total. The lowest BCUT2D eigenvalue weighted by Crippen LogP contribution is -2.47. The van der Waals surface area contributed by atoms with Crippen LogP contribution in [-0.4, -0.2) is 56.2 Å². The van der Waals surface area contributed by atoms with Crippen molar-refractivity contribution in [1.82, 2.24) is 4.90 Å². The summed E-state index contributed by atoms with van der Waals surface area (Å²) in [7, 11) is 0. The summed E-state index contributed by atoms with van der Waals surface area (Å²) in [6, 6.07) is 21.1. The Bertz CT molecular complexity index is 1510. The van der Waals surface area contributed by atoms with E-state index in [0.717, 1.165) is 77.3 Å². The topological polar surface area (TPSA) is 53.1 Å². The number of hydrogen-bond acceptors (Lipinski definition) is 6. The van der Waals surface area contributed by atoms with Crippen molar-refractivity contribution >= 4 is 44.7 Å². The first-order valence-electron chi connectivity index (χ1n) is 13.8. The Hall–Kier alpha value is -3.75. The third-order valence-corrected chi connectivity index (χ3v) is 8.70. The summed E-state index contributed by atoms with van der Waals surface area (Å²) in [5, 5.41) is 3.14. The summed E-state index contributed by atoms with van der Waals surface area (Å²) in [5.74, 6) is -0.553. The van der Waals surface area contributed by atoms with Gasteiger partial charge in [0.1, 0.15) is 5.82 Å². The molecule has 0 spiro atoms. The second-order valence-electron chi connectivity index (χ2n) is 10.4. The van der Waals surface area contributed by atoms with E-state index in [-0.39, 0.29) is 30.8 Å². The van der Waals surface area contributed by atoms with Crippen molar-refractivity contribution in [2.75, 3.05) is 49.3 Å². The summed E-state index contributed by atoms with van der Waals surface area (Å²) < 4.78 is 20.7. The molecule has 3 aromatic carbocycles. The number of amides is 1. The molecule has 0 radical (unpaired) electrons. The van der Waals surface area contributed by atoms with Crippen LogP contribution in [0.4, 0.5) is 15.8 Å². The van der Waals surface area contributed by atoms with Crippen molar-refractivity contribution in [2.24, 2.45) is 0 Å². The van der Waals surface area contributed by atoms with E-state index in [1.165, 1.54) is 0 Å². The summed E-state index contributed by atoms with van der Waals surface area (Å²) >= 11 is 1.57. The van der Waals surface area contributed by atoms with Gasteiger partial charge in [-0.15, -0.1) is 11.3 Å². The zero-order valence-corrected chi connectivity index (χ0v) is 23.2. The molecule has 2 aliphatic heterocycles. The molecule has 2 aliphatic rings. The summed E-state index contributed by atoms with van der Waals surface area (Å²) in [4.78, 5) is 31.5. The Morgan fingerprint density at radius 1 is 0.900 bits per heavy atom. The van der Waals surface area contributed by atoms with Crippen LogP contribution >= 0.6 is 11.3 Å². The summed E-state index contributed by atoms with van der Waals surface area (Å²) in [6.07, 6.45) is 2.15. The monoisotopic (exact) mass is 557 g/mol. The van der Waals surface area contributed by atoms with Gasteiger partial charge in [0.15, 0.2) is 6.73 Å². The maximum atomic E-state index is 14.2. The van der Waals surface area contributed by atoms with Crippen LogP contribution in [0, 0.1) is 5.82 Å². The predicted molar refractivity (Wildman–Crippen MR) is 157 cm³/mol. The van der Waals surface area contributed by atoms with Gasteiger partial charge >= 0.3 is 5.97 Å². The summed E-state index contributed by atoms with van der Waals surface area (Å²) in [5.41, 5.74) is 4.97. The fourth-order valence-electron chi connectivity index (χ4n) is 5.61. The molecule has 0 N–H and O–H groups in total. The van der Waals surface area contributed by atoms with Gasteiger partial charge in [0.05, 0.1) is 12.1 Å². The minimum Gasteiger partial charge on any atom is -0.444 e. The minimum absolute atomic E-state index is 0.0228. The Balaban J connectivity index is 1.05. The number of carbonyl (C=O) groups is 2. The van der Waals surface area contributed by atoms with Gasteiger partial charge in [-0.1, -0.05) is 42.5 Å². The second kappa shape index (κ2) is 11.8. The van der Waals surface area contributed by atoms with E-state index in [1.807, 2.05) is 35.7 Å². The fraction of sp³-hybridized carbons (Fsp3) is 0.312. The number of halogens is 1. The van der Waals surface area contributed by atoms with Crippen LogP contribution in [0.15, 0.2) is 72.1 Å². The van der Waals surface area contributed by atoms with E-state index < -0.39 is 0 Å². The van der Waals surface area contributed by atoms with E-state index in [4.69, 9.17) is 4.74 Å². The molecule has 206 valence electrons. The van der Waals surface area contributed by atoms with Crippen LogP contribution in [0.25, 0.3) is 10.1 Å². The molecule has 0 aliphatic carbocycles. The van der Waals surface area contributed by atoms with Crippen LogP contribution in [-0.2, 0) is 33.6 Å². The molecule has 3 heterocycles. The first kappa shape index (κ1) is 26.5. The maximum absolute atomic E-state index is 14.2. The van der Waals surface area contributed by atoms with Gasteiger partial charge in [-0.25, -0.2) is 4.39 Å². The maximum Gasteiger partial charge on any atom is 0.311 e. The molecule has 0 atom stereocenters. The molecular weight excluding hydrogens is 525 g/mol. The molecule has 1 amide bonds. The van der Waals surface area contributed by atoms with Gasteiger partial charge in [-0.05, 0) is 59.2 Å². The van der Waals surface area contributed by atoms with E-state index >= 15 is 0 Å². The number of aryl methyl sites for hydroxylation is 1. The number of piperazine rings is 1. The normalized spacial score (nSPS) is 15.9. The van der Waals surface area contributed by atoms with E-state index in [1.54, 1.807) is 28.4 Å². The fourth-order valence-corrected chi connectivity index (χ4v) is 6.44. The number of benzene rings is 3. The third kappa shape index (κ3) is 5.88. The molecule has 1 aromatic heterocycles. The summed E-state index contributed by atoms with van der Waals surface area (Å²) in [6.45, 7) is 4.37. The molecule has 0 unspecified atom stereocenters. The highest BCUT2D eigenvalue weighted by Crippen LogP contribution is 2.33. The van der Waals surface area contributed by atoms with Gasteiger partial charge in [0.2, 0.25) is 5.91 Å². The molecule has 6 rings (SSSR count). The van der Waals surface area contributed by atoms with E-state index in [0.29, 0.717) is 12.8 Å². The molecule has 1 saturated heterocycles. The highest BCUT2D eigenvalue weighted by atomic mass is 32.1. The lowest BCUT2D eigenvalue weighted by Gasteiger charge is -2.36. The highest BCUT2D eigenvalue weighted by molar-refractivity contribution is 7.17. The van der Waals surface area contributed by atoms with Crippen LogP contribution < -0.4 is 9.80 Å². The molecule has 8 heteroatoms. The quantitative estimate of drug-likeness (QED) is 0.271. The highest BCUT2D eigenvalue weighted by Gasteiger charge is 2.26. The lowest BCUT2D eigenvalue weighted by atomic mass is 9.98. The largest absolute Gasteiger partial charge is 0.444 e. The number of esters is 1. The van der Waals surface area contributed by atoms with Crippen LogP contribution in [0.2, 0.25) is 0 Å². The molecule has 4 aromatic rings. The Labute approximate surface area is 237 Å². The van der Waals surface area contributed by atoms with Crippen LogP contribution in [0.5, 0.6) is 0 Å².